The molecule has 0 unspecified atom stereocenters. The van der Waals surface area contributed by atoms with Crippen molar-refractivity contribution >= 4 is 19.9 Å². The van der Waals surface area contributed by atoms with Crippen molar-refractivity contribution in [2.75, 3.05) is 12.4 Å². The van der Waals surface area contributed by atoms with Crippen LogP contribution in [0.2, 0.25) is 0 Å². The molecule has 0 amide bonds. The molecule has 0 heterocycles. The summed E-state index contributed by atoms with van der Waals surface area (Å²) in [5.74, 6) is -1.86. The largest absolute Gasteiger partial charge is 0.395 e. The van der Waals surface area contributed by atoms with Crippen LogP contribution in [0.15, 0.2) is 28.0 Å². The average Bonchev–Trinajstić information content (AvgIpc) is 2.15. The average molecular weight is 283 g/mol. The molecule has 1 rings (SSSR count). The van der Waals surface area contributed by atoms with E-state index in [4.69, 9.17) is 10.2 Å². The molecule has 9 heteroatoms. The molecule has 0 radical (unpaired) electrons. The van der Waals surface area contributed by atoms with Crippen molar-refractivity contribution in [3.63, 3.8) is 0 Å². The van der Waals surface area contributed by atoms with E-state index in [-0.39, 0.29) is 0 Å². The predicted octanol–water partition coefficient (Wildman–Crippen LogP) is -0.761. The quantitative estimate of drug-likeness (QED) is 0.753. The predicted molar refractivity (Wildman–Crippen MR) is 56.9 cm³/mol. The molecule has 96 valence electrons. The standard InChI is InChI=1S/C8H10FNO5S2/c9-7-5-6(17(10,14)15)1-2-8(7)16(12,13)4-3-11/h1-2,5,11H,3-4H2,(H2,10,14,15). The van der Waals surface area contributed by atoms with E-state index in [0.717, 1.165) is 12.1 Å². The van der Waals surface area contributed by atoms with Crippen molar-refractivity contribution in [2.24, 2.45) is 5.14 Å². The molecule has 0 bridgehead atoms. The Morgan fingerprint density at radius 3 is 2.24 bits per heavy atom. The lowest BCUT2D eigenvalue weighted by Crippen LogP contribution is -2.15. The summed E-state index contributed by atoms with van der Waals surface area (Å²) in [5, 5.41) is 13.3. The molecule has 0 fully saturated rings. The smallest absolute Gasteiger partial charge is 0.238 e. The molecule has 3 N–H and O–H groups in total. The van der Waals surface area contributed by atoms with Crippen LogP contribution in [0.4, 0.5) is 4.39 Å². The fourth-order valence-electron chi connectivity index (χ4n) is 1.14. The second kappa shape index (κ2) is 4.69. The van der Waals surface area contributed by atoms with Gasteiger partial charge in [0.1, 0.15) is 10.7 Å². The lowest BCUT2D eigenvalue weighted by atomic mass is 10.3. The molecular weight excluding hydrogens is 273 g/mol. The van der Waals surface area contributed by atoms with Gasteiger partial charge < -0.3 is 5.11 Å². The molecule has 0 saturated heterocycles. The van der Waals surface area contributed by atoms with E-state index in [1.165, 1.54) is 0 Å². The van der Waals surface area contributed by atoms with Gasteiger partial charge in [0.05, 0.1) is 17.3 Å². The van der Waals surface area contributed by atoms with Gasteiger partial charge in [0.15, 0.2) is 9.84 Å². The third kappa shape index (κ3) is 3.22. The van der Waals surface area contributed by atoms with Gasteiger partial charge in [0, 0.05) is 0 Å². The molecule has 1 aromatic rings. The van der Waals surface area contributed by atoms with Crippen LogP contribution in [-0.4, -0.2) is 34.3 Å². The Morgan fingerprint density at radius 1 is 1.24 bits per heavy atom. The minimum atomic E-state index is -4.08. The normalized spacial score (nSPS) is 12.6. The van der Waals surface area contributed by atoms with Gasteiger partial charge in [0.25, 0.3) is 0 Å². The zero-order valence-corrected chi connectivity index (χ0v) is 10.1. The lowest BCUT2D eigenvalue weighted by molar-refractivity contribution is 0.319. The molecular formula is C8H10FNO5S2. The molecule has 1 aromatic carbocycles. The molecule has 0 aliphatic carbocycles. The number of halogens is 1. The van der Waals surface area contributed by atoms with Gasteiger partial charge in [-0.2, -0.15) is 0 Å². The number of hydrogen-bond acceptors (Lipinski definition) is 5. The Bertz CT molecular complexity index is 623. The number of benzene rings is 1. The molecule has 0 saturated carbocycles. The SMILES string of the molecule is NS(=O)(=O)c1ccc(S(=O)(=O)CCO)c(F)c1. The first-order valence-corrected chi connectivity index (χ1v) is 7.54. The first-order chi connectivity index (χ1) is 7.68. The van der Waals surface area contributed by atoms with Gasteiger partial charge >= 0.3 is 0 Å². The number of aliphatic hydroxyl groups excluding tert-OH is 1. The Morgan fingerprint density at radius 2 is 1.82 bits per heavy atom. The third-order valence-corrected chi connectivity index (χ3v) is 4.56. The first-order valence-electron chi connectivity index (χ1n) is 4.34. The van der Waals surface area contributed by atoms with Crippen LogP contribution in [0.25, 0.3) is 0 Å². The van der Waals surface area contributed by atoms with Crippen molar-refractivity contribution < 1.29 is 26.3 Å². The lowest BCUT2D eigenvalue weighted by Gasteiger charge is -2.05. The molecule has 6 nitrogen and oxygen atoms in total. The van der Waals surface area contributed by atoms with E-state index in [1.807, 2.05) is 0 Å². The van der Waals surface area contributed by atoms with Crippen molar-refractivity contribution in [1.29, 1.82) is 0 Å². The van der Waals surface area contributed by atoms with Gasteiger partial charge in [-0.15, -0.1) is 0 Å². The van der Waals surface area contributed by atoms with E-state index in [2.05, 4.69) is 0 Å². The second-order valence-electron chi connectivity index (χ2n) is 3.18. The van der Waals surface area contributed by atoms with Crippen molar-refractivity contribution in [3.05, 3.63) is 24.0 Å². The summed E-state index contributed by atoms with van der Waals surface area (Å²) >= 11 is 0. The van der Waals surface area contributed by atoms with Crippen LogP contribution in [-0.2, 0) is 19.9 Å². The van der Waals surface area contributed by atoms with Crippen LogP contribution in [0, 0.1) is 5.82 Å². The number of rotatable bonds is 4. The van der Waals surface area contributed by atoms with Crippen molar-refractivity contribution in [3.8, 4) is 0 Å². The summed E-state index contributed by atoms with van der Waals surface area (Å²) in [6, 6.07) is 2.22. The fraction of sp³-hybridized carbons (Fsp3) is 0.250. The van der Waals surface area contributed by atoms with E-state index in [1.54, 1.807) is 0 Å². The molecule has 17 heavy (non-hydrogen) atoms. The van der Waals surface area contributed by atoms with Crippen LogP contribution < -0.4 is 5.14 Å². The second-order valence-corrected chi connectivity index (χ2v) is 6.82. The Balaban J connectivity index is 3.34. The van der Waals surface area contributed by atoms with E-state index in [9.17, 15) is 21.2 Å². The fourth-order valence-corrected chi connectivity index (χ4v) is 2.76. The highest BCUT2D eigenvalue weighted by molar-refractivity contribution is 7.91. The summed E-state index contributed by atoms with van der Waals surface area (Å²) in [4.78, 5) is -1.18. The number of sulfonamides is 1. The molecule has 0 aliphatic rings. The summed E-state index contributed by atoms with van der Waals surface area (Å²) in [7, 11) is -8.05. The molecule has 0 spiro atoms. The molecule has 0 atom stereocenters. The Labute approximate surface area is 97.8 Å². The van der Waals surface area contributed by atoms with Gasteiger partial charge in [-0.1, -0.05) is 0 Å². The van der Waals surface area contributed by atoms with Crippen LogP contribution in [0.1, 0.15) is 0 Å². The highest BCUT2D eigenvalue weighted by Crippen LogP contribution is 2.19. The highest BCUT2D eigenvalue weighted by Gasteiger charge is 2.20. The topological polar surface area (TPSA) is 115 Å². The maximum Gasteiger partial charge on any atom is 0.238 e. The minimum Gasteiger partial charge on any atom is -0.395 e. The maximum absolute atomic E-state index is 13.4. The number of sulfone groups is 1. The Kier molecular flexibility index (Phi) is 3.87. The number of aliphatic hydroxyl groups is 1. The number of primary sulfonamides is 1. The van der Waals surface area contributed by atoms with Crippen molar-refractivity contribution in [1.82, 2.24) is 0 Å². The molecule has 0 aliphatic heterocycles. The first kappa shape index (κ1) is 14.0. The van der Waals surface area contributed by atoms with Crippen LogP contribution in [0.5, 0.6) is 0 Å². The van der Waals surface area contributed by atoms with E-state index >= 15 is 0 Å². The number of hydrogen-bond donors (Lipinski definition) is 2. The zero-order chi connectivity index (χ0) is 13.3. The van der Waals surface area contributed by atoms with Crippen LogP contribution in [0.3, 0.4) is 0 Å². The van der Waals surface area contributed by atoms with E-state index < -0.39 is 47.8 Å². The van der Waals surface area contributed by atoms with E-state index in [0.29, 0.717) is 6.07 Å². The maximum atomic E-state index is 13.4. The van der Waals surface area contributed by atoms with Crippen molar-refractivity contribution in [2.45, 2.75) is 9.79 Å². The highest BCUT2D eigenvalue weighted by atomic mass is 32.2. The monoisotopic (exact) mass is 283 g/mol. The third-order valence-electron chi connectivity index (χ3n) is 1.93. The van der Waals surface area contributed by atoms with Gasteiger partial charge in [0.2, 0.25) is 10.0 Å². The summed E-state index contributed by atoms with van der Waals surface area (Å²) in [5.41, 5.74) is 0. The van der Waals surface area contributed by atoms with Gasteiger partial charge in [-0.05, 0) is 18.2 Å². The van der Waals surface area contributed by atoms with Crippen LogP contribution >= 0.6 is 0 Å². The van der Waals surface area contributed by atoms with Gasteiger partial charge in [-0.25, -0.2) is 26.4 Å². The summed E-state index contributed by atoms with van der Waals surface area (Å²) in [6.45, 7) is -0.654. The minimum absolute atomic E-state index is 0.516. The number of nitrogens with two attached hydrogens (primary N) is 1. The summed E-state index contributed by atoms with van der Waals surface area (Å²) in [6.07, 6.45) is 0. The summed E-state index contributed by atoms with van der Waals surface area (Å²) < 4.78 is 58.1. The molecule has 0 aromatic heterocycles. The Hall–Kier alpha value is -1.03. The van der Waals surface area contributed by atoms with Gasteiger partial charge in [-0.3, -0.25) is 0 Å². The zero-order valence-electron chi connectivity index (χ0n) is 8.50.